The van der Waals surface area contributed by atoms with E-state index in [-0.39, 0.29) is 23.5 Å². The number of benzene rings is 1. The molecule has 0 radical (unpaired) electrons. The van der Waals surface area contributed by atoms with Gasteiger partial charge in [-0.05, 0) is 49.0 Å². The Labute approximate surface area is 136 Å². The topological polar surface area (TPSA) is 29.5 Å². The molecule has 3 nitrogen and oxygen atoms in total. The first-order valence-electron chi connectivity index (χ1n) is 8.49. The van der Waals surface area contributed by atoms with Crippen LogP contribution in [-0.2, 0) is 16.6 Å². The predicted octanol–water partition coefficient (Wildman–Crippen LogP) is 3.06. The Kier molecular flexibility index (Phi) is 2.38. The Morgan fingerprint density at radius 3 is 2.91 bits per heavy atom. The third-order valence-corrected chi connectivity index (χ3v) is 6.32. The zero-order valence-electron chi connectivity index (χ0n) is 13.8. The number of aryl methyl sites for hydroxylation is 1. The zero-order chi connectivity index (χ0) is 15.9. The van der Waals surface area contributed by atoms with Crippen molar-refractivity contribution in [2.45, 2.75) is 51.2 Å². The van der Waals surface area contributed by atoms with E-state index in [0.717, 1.165) is 25.1 Å². The van der Waals surface area contributed by atoms with Gasteiger partial charge in [0.15, 0.2) is 0 Å². The van der Waals surface area contributed by atoms with Crippen molar-refractivity contribution in [1.29, 1.82) is 0 Å². The molecule has 1 aromatic rings. The summed E-state index contributed by atoms with van der Waals surface area (Å²) >= 11 is 0. The number of nitrogens with zero attached hydrogens (tertiary/aromatic N) is 1. The van der Waals surface area contributed by atoms with Crippen LogP contribution in [0.2, 0.25) is 0 Å². The van der Waals surface area contributed by atoms with E-state index in [0.29, 0.717) is 0 Å². The van der Waals surface area contributed by atoms with E-state index in [9.17, 15) is 4.79 Å². The van der Waals surface area contributed by atoms with Gasteiger partial charge in [0.25, 0.3) is 0 Å². The molecule has 118 valence electrons. The van der Waals surface area contributed by atoms with Crippen LogP contribution < -0.4 is 4.74 Å². The molecule has 4 aliphatic rings. The molecule has 23 heavy (non-hydrogen) atoms. The molecule has 0 saturated carbocycles. The fourth-order valence-electron chi connectivity index (χ4n) is 5.36. The van der Waals surface area contributed by atoms with Crippen LogP contribution in [-0.4, -0.2) is 29.5 Å². The highest BCUT2D eigenvalue weighted by Gasteiger charge is 2.61. The van der Waals surface area contributed by atoms with E-state index in [1.807, 2.05) is 0 Å². The maximum atomic E-state index is 12.1. The van der Waals surface area contributed by atoms with E-state index in [1.54, 1.807) is 6.92 Å². The summed E-state index contributed by atoms with van der Waals surface area (Å²) in [7, 11) is 0. The van der Waals surface area contributed by atoms with Gasteiger partial charge in [-0.2, -0.15) is 0 Å². The molecule has 5 rings (SSSR count). The summed E-state index contributed by atoms with van der Waals surface area (Å²) in [6, 6.07) is 4.62. The van der Waals surface area contributed by atoms with Crippen molar-refractivity contribution in [2.24, 2.45) is 0 Å². The fraction of sp³-hybridized carbons (Fsp3) is 0.450. The molecule has 2 aliphatic heterocycles. The normalized spacial score (nSPS) is 32.7. The highest BCUT2D eigenvalue weighted by Crippen LogP contribution is 2.61. The van der Waals surface area contributed by atoms with Crippen LogP contribution in [0.4, 0.5) is 0 Å². The van der Waals surface area contributed by atoms with Crippen LogP contribution in [0, 0.1) is 6.92 Å². The van der Waals surface area contributed by atoms with Gasteiger partial charge < -0.3 is 9.64 Å². The first kappa shape index (κ1) is 13.4. The smallest absolute Gasteiger partial charge is 0.219 e. The average Bonchev–Trinajstić information content (AvgIpc) is 2.86. The van der Waals surface area contributed by atoms with Gasteiger partial charge in [-0.3, -0.25) is 4.79 Å². The van der Waals surface area contributed by atoms with Crippen molar-refractivity contribution in [2.75, 3.05) is 6.54 Å². The molecular weight excluding hydrogens is 286 g/mol. The number of hydrogen-bond acceptors (Lipinski definition) is 2. The lowest BCUT2D eigenvalue weighted by molar-refractivity contribution is -0.132. The maximum absolute atomic E-state index is 12.1. The molecule has 0 unspecified atom stereocenters. The van der Waals surface area contributed by atoms with Crippen LogP contribution in [0.5, 0.6) is 5.75 Å². The van der Waals surface area contributed by atoms with Gasteiger partial charge in [-0.25, -0.2) is 0 Å². The molecule has 1 fully saturated rings. The van der Waals surface area contributed by atoms with Gasteiger partial charge >= 0.3 is 0 Å². The standard InChI is InChI=1S/C20H21NO2/c1-11-4-6-14-10-16-15-7-5-12(2)19-20(15,17(14)18(11)23-19)8-9-21(16)13(3)22/h4-7,16,19H,8-10H2,1-3H3/t16-,19+,20+/m1/s1. The monoisotopic (exact) mass is 307 g/mol. The van der Waals surface area contributed by atoms with Gasteiger partial charge in [0.05, 0.1) is 11.5 Å². The number of carbonyl (C=O) groups is 1. The largest absolute Gasteiger partial charge is 0.484 e. The van der Waals surface area contributed by atoms with Crippen molar-refractivity contribution in [3.8, 4) is 5.75 Å². The SMILES string of the molecule is CC(=O)N1CC[C@@]23C4=CC=C(C)[C@@H]2Oc2c(C)ccc(c23)C[C@H]41. The fourth-order valence-corrected chi connectivity index (χ4v) is 5.36. The van der Waals surface area contributed by atoms with Crippen LogP contribution in [0.3, 0.4) is 0 Å². The number of ether oxygens (including phenoxy) is 1. The van der Waals surface area contributed by atoms with E-state index in [2.05, 4.69) is 43.0 Å². The molecule has 1 spiro atoms. The molecule has 3 atom stereocenters. The predicted molar refractivity (Wildman–Crippen MR) is 88.6 cm³/mol. The van der Waals surface area contributed by atoms with Gasteiger partial charge in [0.1, 0.15) is 11.9 Å². The number of rotatable bonds is 0. The summed E-state index contributed by atoms with van der Waals surface area (Å²) in [5, 5.41) is 0. The summed E-state index contributed by atoms with van der Waals surface area (Å²) in [6.07, 6.45) is 6.46. The molecule has 3 heteroatoms. The van der Waals surface area contributed by atoms with E-state index in [4.69, 9.17) is 4.74 Å². The highest BCUT2D eigenvalue weighted by molar-refractivity contribution is 5.76. The Morgan fingerprint density at radius 1 is 1.30 bits per heavy atom. The van der Waals surface area contributed by atoms with Crippen molar-refractivity contribution in [3.63, 3.8) is 0 Å². The molecule has 2 bridgehead atoms. The molecule has 0 N–H and O–H groups in total. The summed E-state index contributed by atoms with van der Waals surface area (Å²) in [4.78, 5) is 14.2. The van der Waals surface area contributed by atoms with Gasteiger partial charge in [-0.1, -0.05) is 24.3 Å². The quantitative estimate of drug-likeness (QED) is 0.737. The van der Waals surface area contributed by atoms with Gasteiger partial charge in [-0.15, -0.1) is 0 Å². The second-order valence-electron chi connectivity index (χ2n) is 7.43. The summed E-state index contributed by atoms with van der Waals surface area (Å²) < 4.78 is 6.50. The van der Waals surface area contributed by atoms with E-state index in [1.165, 1.54) is 27.8 Å². The van der Waals surface area contributed by atoms with Gasteiger partial charge in [0, 0.05) is 19.0 Å². The molecule has 1 amide bonds. The number of amides is 1. The summed E-state index contributed by atoms with van der Waals surface area (Å²) in [5.41, 5.74) is 6.67. The lowest BCUT2D eigenvalue weighted by Gasteiger charge is -2.53. The number of likely N-dealkylation sites (tertiary alicyclic amines) is 1. The highest BCUT2D eigenvalue weighted by atomic mass is 16.5. The van der Waals surface area contributed by atoms with Crippen LogP contribution in [0.25, 0.3) is 0 Å². The second kappa shape index (κ2) is 4.08. The van der Waals surface area contributed by atoms with E-state index < -0.39 is 0 Å². The summed E-state index contributed by atoms with van der Waals surface area (Å²) in [5.74, 6) is 1.28. The van der Waals surface area contributed by atoms with Crippen molar-refractivity contribution < 1.29 is 9.53 Å². The zero-order valence-corrected chi connectivity index (χ0v) is 13.8. The Bertz CT molecular complexity index is 819. The first-order chi connectivity index (χ1) is 11.0. The minimum absolute atomic E-state index is 0.0373. The molecule has 2 aliphatic carbocycles. The average molecular weight is 307 g/mol. The molecule has 2 heterocycles. The number of piperidine rings is 1. The Morgan fingerprint density at radius 2 is 2.13 bits per heavy atom. The van der Waals surface area contributed by atoms with Crippen LogP contribution in [0.15, 0.2) is 35.4 Å². The molecule has 1 saturated heterocycles. The Balaban J connectivity index is 1.83. The first-order valence-corrected chi connectivity index (χ1v) is 8.49. The lowest BCUT2D eigenvalue weighted by Crippen LogP contribution is -2.60. The molecular formula is C20H21NO2. The third-order valence-electron chi connectivity index (χ3n) is 6.32. The van der Waals surface area contributed by atoms with E-state index >= 15 is 0 Å². The molecule has 0 aromatic heterocycles. The van der Waals surface area contributed by atoms with Crippen LogP contribution >= 0.6 is 0 Å². The Hall–Kier alpha value is -2.03. The second-order valence-corrected chi connectivity index (χ2v) is 7.43. The number of carbonyl (C=O) groups excluding carboxylic acids is 1. The van der Waals surface area contributed by atoms with Crippen molar-refractivity contribution in [3.05, 3.63) is 52.1 Å². The van der Waals surface area contributed by atoms with Crippen molar-refractivity contribution in [1.82, 2.24) is 4.90 Å². The van der Waals surface area contributed by atoms with Gasteiger partial charge in [0.2, 0.25) is 5.91 Å². The summed E-state index contributed by atoms with van der Waals surface area (Å²) in [6.45, 7) is 6.84. The lowest BCUT2D eigenvalue weighted by atomic mass is 9.56. The van der Waals surface area contributed by atoms with Crippen LogP contribution in [0.1, 0.15) is 37.0 Å². The third kappa shape index (κ3) is 1.40. The number of allylic oxidation sites excluding steroid dienone is 2. The number of hydrogen-bond donors (Lipinski definition) is 0. The van der Waals surface area contributed by atoms with Crippen molar-refractivity contribution >= 4 is 5.91 Å². The minimum atomic E-state index is -0.0373. The molecule has 1 aromatic carbocycles. The maximum Gasteiger partial charge on any atom is 0.219 e. The minimum Gasteiger partial charge on any atom is -0.484 e.